The number of carbonyl (C=O) groups excluding carboxylic acids is 1. The first-order valence-electron chi connectivity index (χ1n) is 9.98. The summed E-state index contributed by atoms with van der Waals surface area (Å²) in [4.78, 5) is 14.8. The number of hydrogen-bond acceptors (Lipinski definition) is 4. The molecule has 0 spiro atoms. The molecule has 0 radical (unpaired) electrons. The third-order valence-corrected chi connectivity index (χ3v) is 5.18. The topological polar surface area (TPSA) is 64.2 Å². The fourth-order valence-electron chi connectivity index (χ4n) is 3.60. The Labute approximate surface area is 179 Å². The number of amides is 1. The van der Waals surface area contributed by atoms with Gasteiger partial charge in [0.2, 0.25) is 0 Å². The van der Waals surface area contributed by atoms with Gasteiger partial charge in [-0.05, 0) is 30.3 Å². The van der Waals surface area contributed by atoms with Crippen LogP contribution in [-0.2, 0) is 6.54 Å². The first-order valence-corrected chi connectivity index (χ1v) is 9.98. The van der Waals surface area contributed by atoms with Crippen LogP contribution in [0.2, 0.25) is 0 Å². The fourth-order valence-corrected chi connectivity index (χ4v) is 3.60. The van der Waals surface area contributed by atoms with Crippen molar-refractivity contribution in [2.75, 3.05) is 7.05 Å². The van der Waals surface area contributed by atoms with Gasteiger partial charge >= 0.3 is 0 Å². The molecule has 0 fully saturated rings. The van der Waals surface area contributed by atoms with E-state index in [0.717, 1.165) is 27.7 Å². The quantitative estimate of drug-likeness (QED) is 0.413. The van der Waals surface area contributed by atoms with Gasteiger partial charge in [-0.15, -0.1) is 0 Å². The Morgan fingerprint density at radius 2 is 1.74 bits per heavy atom. The van der Waals surface area contributed by atoms with Crippen molar-refractivity contribution in [1.82, 2.24) is 19.8 Å². The summed E-state index contributed by atoms with van der Waals surface area (Å²) in [6.07, 6.45) is 3.73. The number of para-hydroxylation sites is 1. The van der Waals surface area contributed by atoms with Gasteiger partial charge < -0.3 is 9.42 Å². The standard InChI is InChI=1S/C25H20N4O2/c1-28(16-18-15-26-29(17-18)21-10-6-3-7-11-21)25(30)20-12-13-23-22(14-20)24(31-27-23)19-8-4-2-5-9-19/h2-15,17H,16H2,1H3. The van der Waals surface area contributed by atoms with Crippen molar-refractivity contribution < 1.29 is 9.32 Å². The smallest absolute Gasteiger partial charge is 0.253 e. The highest BCUT2D eigenvalue weighted by molar-refractivity contribution is 6.00. The molecular weight excluding hydrogens is 388 g/mol. The average molecular weight is 408 g/mol. The number of fused-ring (bicyclic) bond motifs is 1. The summed E-state index contributed by atoms with van der Waals surface area (Å²) in [5.41, 5.74) is 4.18. The lowest BCUT2D eigenvalue weighted by Gasteiger charge is -2.16. The molecule has 0 bridgehead atoms. The van der Waals surface area contributed by atoms with Crippen LogP contribution in [0.3, 0.4) is 0 Å². The first kappa shape index (κ1) is 18.8. The zero-order chi connectivity index (χ0) is 21.2. The summed E-state index contributed by atoms with van der Waals surface area (Å²) in [5, 5.41) is 9.36. The zero-order valence-corrected chi connectivity index (χ0v) is 17.0. The molecule has 0 aliphatic carbocycles. The minimum absolute atomic E-state index is 0.0745. The molecule has 0 aliphatic rings. The molecule has 5 rings (SSSR count). The molecule has 1 amide bonds. The molecule has 0 aliphatic heterocycles. The molecule has 31 heavy (non-hydrogen) atoms. The highest BCUT2D eigenvalue weighted by Gasteiger charge is 2.17. The van der Waals surface area contributed by atoms with Gasteiger partial charge in [0.15, 0.2) is 5.76 Å². The van der Waals surface area contributed by atoms with Crippen LogP contribution in [0.5, 0.6) is 0 Å². The molecule has 6 heteroatoms. The van der Waals surface area contributed by atoms with Gasteiger partial charge in [-0.3, -0.25) is 4.79 Å². The Morgan fingerprint density at radius 3 is 2.52 bits per heavy atom. The van der Waals surface area contributed by atoms with Gasteiger partial charge in [0.25, 0.3) is 5.91 Å². The van der Waals surface area contributed by atoms with E-state index in [1.165, 1.54) is 0 Å². The van der Waals surface area contributed by atoms with Crippen molar-refractivity contribution in [3.63, 3.8) is 0 Å². The van der Waals surface area contributed by atoms with Crippen LogP contribution < -0.4 is 0 Å². The lowest BCUT2D eigenvalue weighted by Crippen LogP contribution is -2.26. The first-order chi connectivity index (χ1) is 15.2. The number of rotatable bonds is 5. The van der Waals surface area contributed by atoms with Gasteiger partial charge in [0.1, 0.15) is 5.52 Å². The Balaban J connectivity index is 1.38. The molecule has 2 heterocycles. The van der Waals surface area contributed by atoms with Crippen molar-refractivity contribution in [3.8, 4) is 17.0 Å². The summed E-state index contributed by atoms with van der Waals surface area (Å²) >= 11 is 0. The highest BCUT2D eigenvalue weighted by Crippen LogP contribution is 2.29. The van der Waals surface area contributed by atoms with Crippen LogP contribution in [-0.4, -0.2) is 32.8 Å². The predicted molar refractivity (Wildman–Crippen MR) is 119 cm³/mol. The van der Waals surface area contributed by atoms with Gasteiger partial charge in [0.05, 0.1) is 17.3 Å². The number of benzene rings is 3. The molecule has 0 saturated heterocycles. The minimum Gasteiger partial charge on any atom is -0.355 e. The molecule has 0 unspecified atom stereocenters. The molecule has 0 saturated carbocycles. The maximum absolute atomic E-state index is 13.1. The maximum Gasteiger partial charge on any atom is 0.253 e. The lowest BCUT2D eigenvalue weighted by atomic mass is 10.1. The van der Waals surface area contributed by atoms with Crippen LogP contribution in [0.1, 0.15) is 15.9 Å². The largest absolute Gasteiger partial charge is 0.355 e. The fraction of sp³-hybridized carbons (Fsp3) is 0.0800. The van der Waals surface area contributed by atoms with Crippen molar-refractivity contribution in [2.24, 2.45) is 0 Å². The Morgan fingerprint density at radius 1 is 1.00 bits per heavy atom. The van der Waals surface area contributed by atoms with Crippen molar-refractivity contribution in [1.29, 1.82) is 0 Å². The molecule has 5 aromatic rings. The van der Waals surface area contributed by atoms with E-state index in [4.69, 9.17) is 4.52 Å². The second-order valence-corrected chi connectivity index (χ2v) is 7.40. The second kappa shape index (κ2) is 7.91. The Kier molecular flexibility index (Phi) is 4.80. The van der Waals surface area contributed by atoms with E-state index in [-0.39, 0.29) is 5.91 Å². The minimum atomic E-state index is -0.0745. The van der Waals surface area contributed by atoms with E-state index in [9.17, 15) is 4.79 Å². The third kappa shape index (κ3) is 3.71. The summed E-state index contributed by atoms with van der Waals surface area (Å²) in [5.74, 6) is 0.589. The van der Waals surface area contributed by atoms with E-state index in [1.54, 1.807) is 24.2 Å². The van der Waals surface area contributed by atoms with Crippen LogP contribution >= 0.6 is 0 Å². The average Bonchev–Trinajstić information content (AvgIpc) is 3.46. The molecule has 6 nitrogen and oxygen atoms in total. The van der Waals surface area contributed by atoms with Crippen molar-refractivity contribution in [2.45, 2.75) is 6.54 Å². The SMILES string of the molecule is CN(Cc1cnn(-c2ccccc2)c1)C(=O)c1ccc2noc(-c3ccccc3)c2c1. The molecule has 0 atom stereocenters. The zero-order valence-electron chi connectivity index (χ0n) is 17.0. The van der Waals surface area contributed by atoms with E-state index < -0.39 is 0 Å². The summed E-state index contributed by atoms with van der Waals surface area (Å²) in [7, 11) is 1.79. The van der Waals surface area contributed by atoms with E-state index >= 15 is 0 Å². The molecule has 2 aromatic heterocycles. The molecule has 0 N–H and O–H groups in total. The van der Waals surface area contributed by atoms with Crippen LogP contribution in [0.4, 0.5) is 0 Å². The third-order valence-electron chi connectivity index (χ3n) is 5.18. The predicted octanol–water partition coefficient (Wildman–Crippen LogP) is 4.95. The number of aromatic nitrogens is 3. The lowest BCUT2D eigenvalue weighted by molar-refractivity contribution is 0.0785. The Hall–Kier alpha value is -4.19. The molecule has 152 valence electrons. The Bertz CT molecular complexity index is 1340. The van der Waals surface area contributed by atoms with Gasteiger partial charge in [-0.1, -0.05) is 53.7 Å². The van der Waals surface area contributed by atoms with E-state index in [0.29, 0.717) is 17.9 Å². The van der Waals surface area contributed by atoms with Crippen LogP contribution in [0, 0.1) is 0 Å². The van der Waals surface area contributed by atoms with Gasteiger partial charge in [-0.2, -0.15) is 5.10 Å². The second-order valence-electron chi connectivity index (χ2n) is 7.40. The van der Waals surface area contributed by atoms with Crippen LogP contribution in [0.25, 0.3) is 27.9 Å². The highest BCUT2D eigenvalue weighted by atomic mass is 16.5. The summed E-state index contributed by atoms with van der Waals surface area (Å²) < 4.78 is 7.36. The van der Waals surface area contributed by atoms with Gasteiger partial charge in [0, 0.05) is 36.5 Å². The number of hydrogen-bond donors (Lipinski definition) is 0. The van der Waals surface area contributed by atoms with Crippen molar-refractivity contribution >= 4 is 16.8 Å². The van der Waals surface area contributed by atoms with E-state index in [1.807, 2.05) is 83.7 Å². The molecular formula is C25H20N4O2. The normalized spacial score (nSPS) is 11.0. The van der Waals surface area contributed by atoms with Gasteiger partial charge in [-0.25, -0.2) is 4.68 Å². The summed E-state index contributed by atoms with van der Waals surface area (Å²) in [6.45, 7) is 0.457. The molecule has 3 aromatic carbocycles. The van der Waals surface area contributed by atoms with E-state index in [2.05, 4.69) is 10.3 Å². The number of carbonyl (C=O) groups is 1. The summed E-state index contributed by atoms with van der Waals surface area (Å²) in [6, 6.07) is 25.1. The monoisotopic (exact) mass is 408 g/mol. The van der Waals surface area contributed by atoms with Crippen LogP contribution in [0.15, 0.2) is 95.8 Å². The number of nitrogens with zero attached hydrogens (tertiary/aromatic N) is 4. The maximum atomic E-state index is 13.1. The van der Waals surface area contributed by atoms with Crippen molar-refractivity contribution in [3.05, 3.63) is 102 Å².